The maximum Gasteiger partial charge on any atom is 0.253 e. The monoisotopic (exact) mass is 501 g/mol. The third-order valence-corrected chi connectivity index (χ3v) is 5.35. The summed E-state index contributed by atoms with van der Waals surface area (Å²) >= 11 is 0. The predicted octanol–water partition coefficient (Wildman–Crippen LogP) is 2.35. The summed E-state index contributed by atoms with van der Waals surface area (Å²) < 4.78 is 0. The number of unbranched alkanes of at least 4 members (excludes halogenated alkanes) is 2. The summed E-state index contributed by atoms with van der Waals surface area (Å²) in [6.45, 7) is 9.70. The van der Waals surface area contributed by atoms with Crippen LogP contribution < -0.4 is 16.0 Å². The molecule has 0 saturated carbocycles. The molecule has 0 aliphatic carbocycles. The number of imide groups is 1. The van der Waals surface area contributed by atoms with Gasteiger partial charge < -0.3 is 16.0 Å². The molecule has 1 aliphatic heterocycles. The minimum atomic E-state index is -0.767. The van der Waals surface area contributed by atoms with E-state index >= 15 is 0 Å². The van der Waals surface area contributed by atoms with Crippen molar-refractivity contribution in [1.29, 1.82) is 0 Å². The fourth-order valence-electron chi connectivity index (χ4n) is 3.35. The molecule has 10 heteroatoms. The number of anilines is 1. The van der Waals surface area contributed by atoms with Crippen LogP contribution in [-0.4, -0.2) is 58.6 Å². The van der Waals surface area contributed by atoms with Crippen LogP contribution in [-0.2, 0) is 30.4 Å². The van der Waals surface area contributed by atoms with Gasteiger partial charge in [-0.1, -0.05) is 41.0 Å². The molecule has 5 amide bonds. The Balaban J connectivity index is 0.00000316. The molecule has 1 aromatic heterocycles. The van der Waals surface area contributed by atoms with Crippen LogP contribution in [0.4, 0.5) is 5.69 Å². The maximum atomic E-state index is 12.6. The Kier molecular flexibility index (Phi) is 13.7. The van der Waals surface area contributed by atoms with Gasteiger partial charge in [0.2, 0.25) is 17.7 Å². The number of aryl methyl sites for hydroxylation is 1. The standard InChI is InChI=1S/C24H33N5O5.C2H6/c1-4-17-9-10-18(14-25-17)27-20(31)15-26-24(34)23(16(2)3)28-19(30)8-6-5-7-13-29-21(32)11-12-22(29)33;1-2/h9-12,14,16,23H,4-8,13,15H2,1-3H3,(H,26,34)(H,27,31)(H,28,30);1-2H3. The van der Waals surface area contributed by atoms with Gasteiger partial charge in [0.25, 0.3) is 11.8 Å². The first-order chi connectivity index (χ1) is 17.2. The van der Waals surface area contributed by atoms with Crippen LogP contribution in [0.2, 0.25) is 0 Å². The molecule has 198 valence electrons. The van der Waals surface area contributed by atoms with E-state index in [0.29, 0.717) is 31.5 Å². The quantitative estimate of drug-likeness (QED) is 0.280. The number of rotatable bonds is 13. The zero-order valence-corrected chi connectivity index (χ0v) is 21.9. The summed E-state index contributed by atoms with van der Waals surface area (Å²) in [5, 5.41) is 7.96. The van der Waals surface area contributed by atoms with Gasteiger partial charge >= 0.3 is 0 Å². The lowest BCUT2D eigenvalue weighted by molar-refractivity contribution is -0.137. The van der Waals surface area contributed by atoms with Crippen molar-refractivity contribution in [2.75, 3.05) is 18.4 Å². The van der Waals surface area contributed by atoms with Crippen molar-refractivity contribution in [3.8, 4) is 0 Å². The summed E-state index contributed by atoms with van der Waals surface area (Å²) in [6, 6.07) is 2.80. The first-order valence-electron chi connectivity index (χ1n) is 12.6. The first kappa shape index (κ1) is 30.5. The van der Waals surface area contributed by atoms with Crippen LogP contribution >= 0.6 is 0 Å². The SMILES string of the molecule is CC.CCc1ccc(NC(=O)CNC(=O)C(NC(=O)CCCCCN2C(=O)C=CC2=O)C(C)C)cn1. The van der Waals surface area contributed by atoms with Crippen molar-refractivity contribution in [2.45, 2.75) is 72.8 Å². The minimum Gasteiger partial charge on any atom is -0.345 e. The van der Waals surface area contributed by atoms with Crippen LogP contribution in [0.3, 0.4) is 0 Å². The summed E-state index contributed by atoms with van der Waals surface area (Å²) in [6.07, 6.45) is 6.91. The fraction of sp³-hybridized carbons (Fsp3) is 0.538. The lowest BCUT2D eigenvalue weighted by Crippen LogP contribution is -2.51. The lowest BCUT2D eigenvalue weighted by atomic mass is 10.0. The second kappa shape index (κ2) is 16.2. The van der Waals surface area contributed by atoms with E-state index in [2.05, 4.69) is 20.9 Å². The van der Waals surface area contributed by atoms with E-state index in [1.165, 1.54) is 17.1 Å². The molecule has 36 heavy (non-hydrogen) atoms. The molecule has 10 nitrogen and oxygen atoms in total. The average Bonchev–Trinajstić information content (AvgIpc) is 3.19. The summed E-state index contributed by atoms with van der Waals surface area (Å²) in [4.78, 5) is 65.4. The van der Waals surface area contributed by atoms with Crippen LogP contribution in [0.15, 0.2) is 30.5 Å². The molecule has 1 atom stereocenters. The third kappa shape index (κ3) is 10.4. The summed E-state index contributed by atoms with van der Waals surface area (Å²) in [7, 11) is 0. The van der Waals surface area contributed by atoms with E-state index in [1.54, 1.807) is 12.3 Å². The number of carbonyl (C=O) groups is 5. The second-order valence-corrected chi connectivity index (χ2v) is 8.42. The lowest BCUT2D eigenvalue weighted by Gasteiger charge is -2.21. The van der Waals surface area contributed by atoms with Gasteiger partial charge in [-0.15, -0.1) is 0 Å². The van der Waals surface area contributed by atoms with Crippen LogP contribution in [0.5, 0.6) is 0 Å². The zero-order chi connectivity index (χ0) is 27.1. The zero-order valence-electron chi connectivity index (χ0n) is 21.9. The van der Waals surface area contributed by atoms with Crippen molar-refractivity contribution in [2.24, 2.45) is 5.92 Å². The molecule has 1 aromatic rings. The average molecular weight is 502 g/mol. The highest BCUT2D eigenvalue weighted by Crippen LogP contribution is 2.09. The largest absolute Gasteiger partial charge is 0.345 e. The van der Waals surface area contributed by atoms with E-state index in [9.17, 15) is 24.0 Å². The van der Waals surface area contributed by atoms with E-state index < -0.39 is 17.9 Å². The van der Waals surface area contributed by atoms with E-state index in [4.69, 9.17) is 0 Å². The number of pyridine rings is 1. The van der Waals surface area contributed by atoms with Crippen molar-refractivity contribution in [3.05, 3.63) is 36.2 Å². The smallest absolute Gasteiger partial charge is 0.253 e. The molecule has 0 fully saturated rings. The minimum absolute atomic E-state index is 0.169. The molecule has 0 saturated heterocycles. The Labute approximate surface area is 213 Å². The molecule has 3 N–H and O–H groups in total. The molecular formula is C26H39N5O5. The molecule has 0 radical (unpaired) electrons. The Morgan fingerprint density at radius 2 is 1.64 bits per heavy atom. The second-order valence-electron chi connectivity index (χ2n) is 8.42. The molecule has 2 heterocycles. The topological polar surface area (TPSA) is 138 Å². The fourth-order valence-corrected chi connectivity index (χ4v) is 3.35. The molecular weight excluding hydrogens is 462 g/mol. The molecule has 0 bridgehead atoms. The Morgan fingerprint density at radius 3 is 2.19 bits per heavy atom. The van der Waals surface area contributed by atoms with Crippen LogP contribution in [0, 0.1) is 5.92 Å². The van der Waals surface area contributed by atoms with Gasteiger partial charge in [-0.25, -0.2) is 0 Å². The Bertz CT molecular complexity index is 909. The molecule has 1 unspecified atom stereocenters. The number of aromatic nitrogens is 1. The van der Waals surface area contributed by atoms with Gasteiger partial charge in [0.1, 0.15) is 6.04 Å². The van der Waals surface area contributed by atoms with Crippen molar-refractivity contribution in [1.82, 2.24) is 20.5 Å². The normalized spacial score (nSPS) is 13.2. The Morgan fingerprint density at radius 1 is 0.972 bits per heavy atom. The van der Waals surface area contributed by atoms with Gasteiger partial charge in [-0.05, 0) is 37.3 Å². The van der Waals surface area contributed by atoms with Gasteiger partial charge in [-0.2, -0.15) is 0 Å². The number of hydrogen-bond donors (Lipinski definition) is 3. The Hall–Kier alpha value is -3.56. The highest BCUT2D eigenvalue weighted by Gasteiger charge is 2.25. The number of hydrogen-bond acceptors (Lipinski definition) is 6. The van der Waals surface area contributed by atoms with Crippen molar-refractivity contribution >= 4 is 35.2 Å². The summed E-state index contributed by atoms with van der Waals surface area (Å²) in [5.74, 6) is -1.88. The highest BCUT2D eigenvalue weighted by molar-refractivity contribution is 6.12. The first-order valence-corrected chi connectivity index (χ1v) is 12.6. The van der Waals surface area contributed by atoms with Gasteiger partial charge in [0.05, 0.1) is 18.4 Å². The van der Waals surface area contributed by atoms with E-state index in [0.717, 1.165) is 12.1 Å². The van der Waals surface area contributed by atoms with Gasteiger partial charge in [0.15, 0.2) is 0 Å². The van der Waals surface area contributed by atoms with E-state index in [1.807, 2.05) is 40.7 Å². The number of nitrogens with one attached hydrogen (secondary N) is 3. The molecule has 0 spiro atoms. The predicted molar refractivity (Wildman–Crippen MR) is 138 cm³/mol. The van der Waals surface area contributed by atoms with Gasteiger partial charge in [0, 0.05) is 30.8 Å². The third-order valence-electron chi connectivity index (χ3n) is 5.35. The molecule has 1 aliphatic rings. The maximum absolute atomic E-state index is 12.6. The van der Waals surface area contributed by atoms with Crippen molar-refractivity contribution < 1.29 is 24.0 Å². The van der Waals surface area contributed by atoms with Crippen LogP contribution in [0.1, 0.15) is 66.0 Å². The summed E-state index contributed by atoms with van der Waals surface area (Å²) in [5.41, 5.74) is 1.45. The number of amides is 5. The molecule has 0 aromatic carbocycles. The number of carbonyl (C=O) groups excluding carboxylic acids is 5. The number of nitrogens with zero attached hydrogens (tertiary/aromatic N) is 2. The van der Waals surface area contributed by atoms with E-state index in [-0.39, 0.29) is 36.6 Å². The highest BCUT2D eigenvalue weighted by atomic mass is 16.2. The van der Waals surface area contributed by atoms with Crippen molar-refractivity contribution in [3.63, 3.8) is 0 Å². The van der Waals surface area contributed by atoms with Crippen LogP contribution in [0.25, 0.3) is 0 Å². The molecule has 2 rings (SSSR count). The van der Waals surface area contributed by atoms with Gasteiger partial charge in [-0.3, -0.25) is 33.9 Å².